The van der Waals surface area contributed by atoms with Gasteiger partial charge in [0.05, 0.1) is 16.8 Å². The lowest BCUT2D eigenvalue weighted by molar-refractivity contribution is 0.101. The van der Waals surface area contributed by atoms with Crippen LogP contribution in [0.1, 0.15) is 43.0 Å². The Hall–Kier alpha value is -1.72. The zero-order valence-corrected chi connectivity index (χ0v) is 13.2. The Kier molecular flexibility index (Phi) is 4.27. The number of carbonyl (C=O) groups is 1. The Morgan fingerprint density at radius 3 is 2.73 bits per heavy atom. The van der Waals surface area contributed by atoms with Gasteiger partial charge in [-0.2, -0.15) is 0 Å². The molecule has 1 saturated carbocycles. The van der Waals surface area contributed by atoms with Gasteiger partial charge in [0.15, 0.2) is 5.78 Å². The molecule has 0 aromatic carbocycles. The van der Waals surface area contributed by atoms with Crippen LogP contribution in [0, 0.1) is 0 Å². The van der Waals surface area contributed by atoms with E-state index in [0.717, 1.165) is 36.9 Å². The van der Waals surface area contributed by atoms with Crippen LogP contribution in [0.25, 0.3) is 11.0 Å². The molecular formula is C16H19ClN4O. The van der Waals surface area contributed by atoms with Gasteiger partial charge in [0, 0.05) is 18.3 Å². The van der Waals surface area contributed by atoms with Crippen molar-refractivity contribution < 1.29 is 4.79 Å². The first kappa shape index (κ1) is 15.2. The monoisotopic (exact) mass is 318 g/mol. The highest BCUT2D eigenvalue weighted by Gasteiger charge is 2.22. The molecule has 1 aliphatic carbocycles. The Morgan fingerprint density at radius 2 is 2.05 bits per heavy atom. The molecule has 0 unspecified atom stereocenters. The molecule has 5 nitrogen and oxygen atoms in total. The largest absolute Gasteiger partial charge is 0.380 e. The van der Waals surface area contributed by atoms with E-state index in [0.29, 0.717) is 22.3 Å². The number of nitrogens with two attached hydrogens (primary N) is 1. The SMILES string of the molecule is CC(=O)c1cnc2ccc(Cl)nc2c1N[C@H]1CC[C@H](N)CC1. The lowest BCUT2D eigenvalue weighted by atomic mass is 9.91. The second kappa shape index (κ2) is 6.18. The molecule has 3 rings (SSSR count). The first-order chi connectivity index (χ1) is 10.5. The molecule has 2 aromatic heterocycles. The van der Waals surface area contributed by atoms with E-state index in [9.17, 15) is 4.79 Å². The van der Waals surface area contributed by atoms with Crippen LogP contribution in [0.3, 0.4) is 0 Å². The molecule has 0 aliphatic heterocycles. The summed E-state index contributed by atoms with van der Waals surface area (Å²) in [6, 6.07) is 4.10. The lowest BCUT2D eigenvalue weighted by Crippen LogP contribution is -2.33. The predicted molar refractivity (Wildman–Crippen MR) is 88.4 cm³/mol. The number of fused-ring (bicyclic) bond motifs is 1. The van der Waals surface area contributed by atoms with Gasteiger partial charge >= 0.3 is 0 Å². The van der Waals surface area contributed by atoms with E-state index in [1.54, 1.807) is 12.3 Å². The van der Waals surface area contributed by atoms with Crippen molar-refractivity contribution in [2.24, 2.45) is 5.73 Å². The number of pyridine rings is 2. The van der Waals surface area contributed by atoms with Crippen molar-refractivity contribution in [2.45, 2.75) is 44.7 Å². The third kappa shape index (κ3) is 3.05. The van der Waals surface area contributed by atoms with E-state index < -0.39 is 0 Å². The Morgan fingerprint density at radius 1 is 1.32 bits per heavy atom. The second-order valence-corrected chi connectivity index (χ2v) is 6.25. The van der Waals surface area contributed by atoms with Gasteiger partial charge in [0.25, 0.3) is 0 Å². The molecule has 0 amide bonds. The predicted octanol–water partition coefficient (Wildman–Crippen LogP) is 3.17. The molecule has 0 atom stereocenters. The minimum atomic E-state index is -0.0359. The van der Waals surface area contributed by atoms with Crippen molar-refractivity contribution in [3.63, 3.8) is 0 Å². The van der Waals surface area contributed by atoms with Crippen LogP contribution in [0.15, 0.2) is 18.3 Å². The molecule has 6 heteroatoms. The van der Waals surface area contributed by atoms with Crippen molar-refractivity contribution in [1.82, 2.24) is 9.97 Å². The molecule has 0 spiro atoms. The van der Waals surface area contributed by atoms with Gasteiger partial charge in [-0.1, -0.05) is 11.6 Å². The molecule has 0 radical (unpaired) electrons. The van der Waals surface area contributed by atoms with Crippen molar-refractivity contribution in [1.29, 1.82) is 0 Å². The first-order valence-electron chi connectivity index (χ1n) is 7.53. The van der Waals surface area contributed by atoms with Gasteiger partial charge < -0.3 is 11.1 Å². The number of nitrogens with zero attached hydrogens (tertiary/aromatic N) is 2. The van der Waals surface area contributed by atoms with E-state index >= 15 is 0 Å². The van der Waals surface area contributed by atoms with Crippen LogP contribution < -0.4 is 11.1 Å². The minimum Gasteiger partial charge on any atom is -0.380 e. The van der Waals surface area contributed by atoms with Crippen LogP contribution in [0.5, 0.6) is 0 Å². The summed E-state index contributed by atoms with van der Waals surface area (Å²) in [5.41, 5.74) is 8.62. The number of aromatic nitrogens is 2. The number of ketones is 1. The normalized spacial score (nSPS) is 21.8. The zero-order chi connectivity index (χ0) is 15.7. The number of hydrogen-bond donors (Lipinski definition) is 2. The fraction of sp³-hybridized carbons (Fsp3) is 0.438. The fourth-order valence-electron chi connectivity index (χ4n) is 2.92. The maximum absolute atomic E-state index is 11.9. The number of Topliss-reactive ketones (excluding diaryl/α,β-unsaturated/α-hetero) is 1. The first-order valence-corrected chi connectivity index (χ1v) is 7.90. The van der Waals surface area contributed by atoms with Gasteiger partial charge in [-0.25, -0.2) is 4.98 Å². The second-order valence-electron chi connectivity index (χ2n) is 5.86. The molecule has 22 heavy (non-hydrogen) atoms. The summed E-state index contributed by atoms with van der Waals surface area (Å²) in [6.07, 6.45) is 5.57. The van der Waals surface area contributed by atoms with Gasteiger partial charge in [0.2, 0.25) is 0 Å². The molecule has 1 fully saturated rings. The topological polar surface area (TPSA) is 80.9 Å². The molecule has 2 heterocycles. The van der Waals surface area contributed by atoms with E-state index in [1.807, 2.05) is 6.07 Å². The van der Waals surface area contributed by atoms with Crippen LogP contribution in [0.2, 0.25) is 5.15 Å². The summed E-state index contributed by atoms with van der Waals surface area (Å²) in [4.78, 5) is 20.6. The molecule has 3 N–H and O–H groups in total. The lowest BCUT2D eigenvalue weighted by Gasteiger charge is -2.28. The van der Waals surface area contributed by atoms with Crippen LogP contribution >= 0.6 is 11.6 Å². The Balaban J connectivity index is 2.02. The molecule has 2 aromatic rings. The smallest absolute Gasteiger partial charge is 0.163 e. The number of carbonyl (C=O) groups excluding carboxylic acids is 1. The van der Waals surface area contributed by atoms with Crippen LogP contribution in [-0.4, -0.2) is 27.8 Å². The maximum Gasteiger partial charge on any atom is 0.163 e. The number of rotatable bonds is 3. The molecule has 0 saturated heterocycles. The number of nitrogens with one attached hydrogen (secondary N) is 1. The molecule has 0 bridgehead atoms. The van der Waals surface area contributed by atoms with E-state index in [4.69, 9.17) is 17.3 Å². The van der Waals surface area contributed by atoms with E-state index in [2.05, 4.69) is 15.3 Å². The summed E-state index contributed by atoms with van der Waals surface area (Å²) in [5.74, 6) is -0.0359. The average molecular weight is 319 g/mol. The van der Waals surface area contributed by atoms with Crippen LogP contribution in [-0.2, 0) is 0 Å². The maximum atomic E-state index is 11.9. The van der Waals surface area contributed by atoms with E-state index in [-0.39, 0.29) is 11.8 Å². The average Bonchev–Trinajstić information content (AvgIpc) is 2.49. The quantitative estimate of drug-likeness (QED) is 0.671. The summed E-state index contributed by atoms with van der Waals surface area (Å²) in [7, 11) is 0. The van der Waals surface area contributed by atoms with E-state index in [1.165, 1.54) is 6.92 Å². The number of anilines is 1. The standard InChI is InChI=1S/C16H19ClN4O/c1-9(22)12-8-19-13-6-7-14(17)21-16(13)15(12)20-11-4-2-10(18)3-5-11/h6-8,10-11H,2-5,18H2,1H3,(H,19,20)/t10-,11-. The van der Waals surface area contributed by atoms with Gasteiger partial charge in [-0.3, -0.25) is 9.78 Å². The van der Waals surface area contributed by atoms with Crippen molar-refractivity contribution in [3.05, 3.63) is 29.0 Å². The van der Waals surface area contributed by atoms with Crippen molar-refractivity contribution in [3.8, 4) is 0 Å². The van der Waals surface area contributed by atoms with Crippen LogP contribution in [0.4, 0.5) is 5.69 Å². The van der Waals surface area contributed by atoms with Gasteiger partial charge in [0.1, 0.15) is 10.7 Å². The number of hydrogen-bond acceptors (Lipinski definition) is 5. The Labute approximate surface area is 134 Å². The summed E-state index contributed by atoms with van der Waals surface area (Å²) in [5, 5.41) is 3.88. The third-order valence-corrected chi connectivity index (χ3v) is 4.39. The molecular weight excluding hydrogens is 300 g/mol. The number of halogens is 1. The van der Waals surface area contributed by atoms with Crippen molar-refractivity contribution in [2.75, 3.05) is 5.32 Å². The summed E-state index contributed by atoms with van der Waals surface area (Å²) in [6.45, 7) is 1.54. The molecule has 1 aliphatic rings. The third-order valence-electron chi connectivity index (χ3n) is 4.18. The van der Waals surface area contributed by atoms with Crippen molar-refractivity contribution >= 4 is 34.1 Å². The Bertz CT molecular complexity index is 711. The highest BCUT2D eigenvalue weighted by Crippen LogP contribution is 2.29. The minimum absolute atomic E-state index is 0.0359. The zero-order valence-electron chi connectivity index (χ0n) is 12.5. The highest BCUT2D eigenvalue weighted by atomic mass is 35.5. The van der Waals surface area contributed by atoms with Gasteiger partial charge in [-0.15, -0.1) is 0 Å². The summed E-state index contributed by atoms with van der Waals surface area (Å²) >= 11 is 6.02. The molecule has 116 valence electrons. The highest BCUT2D eigenvalue weighted by molar-refractivity contribution is 6.30. The summed E-state index contributed by atoms with van der Waals surface area (Å²) < 4.78 is 0. The van der Waals surface area contributed by atoms with Gasteiger partial charge in [-0.05, 0) is 44.7 Å². The fourth-order valence-corrected chi connectivity index (χ4v) is 3.07.